The smallest absolute Gasteiger partial charge is 0.322 e. The summed E-state index contributed by atoms with van der Waals surface area (Å²) in [5.41, 5.74) is 0.815. The van der Waals surface area contributed by atoms with Crippen molar-refractivity contribution >= 4 is 5.95 Å². The lowest BCUT2D eigenvalue weighted by Crippen LogP contribution is -2.12. The van der Waals surface area contributed by atoms with Crippen LogP contribution < -0.4 is 10.1 Å². The first-order valence-corrected chi connectivity index (χ1v) is 6.25. The highest BCUT2D eigenvalue weighted by Crippen LogP contribution is 2.18. The van der Waals surface area contributed by atoms with E-state index >= 15 is 0 Å². The molecule has 7 nitrogen and oxygen atoms in total. The lowest BCUT2D eigenvalue weighted by atomic mass is 10.4. The van der Waals surface area contributed by atoms with Gasteiger partial charge in [-0.25, -0.2) is 0 Å². The van der Waals surface area contributed by atoms with Crippen LogP contribution in [0.15, 0.2) is 12.3 Å². The molecule has 0 saturated heterocycles. The van der Waals surface area contributed by atoms with Crippen LogP contribution in [0.5, 0.6) is 6.01 Å². The number of nitrogens with zero attached hydrogens (tertiary/aromatic N) is 5. The van der Waals surface area contributed by atoms with Crippen LogP contribution in [0, 0.1) is 0 Å². The topological polar surface area (TPSA) is 77.8 Å². The molecule has 0 saturated carbocycles. The maximum Gasteiger partial charge on any atom is 0.322 e. The van der Waals surface area contributed by atoms with Crippen LogP contribution in [0.25, 0.3) is 11.5 Å². The van der Waals surface area contributed by atoms with Gasteiger partial charge in [0.1, 0.15) is 5.69 Å². The van der Waals surface area contributed by atoms with Gasteiger partial charge in [0, 0.05) is 19.8 Å². The molecule has 0 spiro atoms. The van der Waals surface area contributed by atoms with Crippen molar-refractivity contribution in [2.75, 3.05) is 11.9 Å². The number of nitrogens with one attached hydrogen (secondary N) is 1. The Morgan fingerprint density at radius 1 is 1.32 bits per heavy atom. The fourth-order valence-corrected chi connectivity index (χ4v) is 1.57. The summed E-state index contributed by atoms with van der Waals surface area (Å²) in [6.07, 6.45) is 1.71. The lowest BCUT2D eigenvalue weighted by molar-refractivity contribution is 0.222. The van der Waals surface area contributed by atoms with Gasteiger partial charge in [0.05, 0.1) is 6.10 Å². The molecule has 0 atom stereocenters. The Bertz CT molecular complexity index is 551. The molecule has 7 heteroatoms. The predicted molar refractivity (Wildman–Crippen MR) is 72.0 cm³/mol. The van der Waals surface area contributed by atoms with Gasteiger partial charge in [0.25, 0.3) is 0 Å². The molecule has 2 aromatic heterocycles. The van der Waals surface area contributed by atoms with Gasteiger partial charge in [-0.1, -0.05) is 0 Å². The Hall–Kier alpha value is -2.18. The minimum atomic E-state index is 0.0104. The average molecular weight is 262 g/mol. The molecule has 0 aliphatic rings. The van der Waals surface area contributed by atoms with Gasteiger partial charge in [0.15, 0.2) is 5.82 Å². The van der Waals surface area contributed by atoms with E-state index in [9.17, 15) is 0 Å². The van der Waals surface area contributed by atoms with Crippen molar-refractivity contribution in [2.24, 2.45) is 7.05 Å². The van der Waals surface area contributed by atoms with E-state index in [0.29, 0.717) is 17.8 Å². The fourth-order valence-electron chi connectivity index (χ4n) is 1.57. The van der Waals surface area contributed by atoms with Crippen molar-refractivity contribution in [3.8, 4) is 17.5 Å². The van der Waals surface area contributed by atoms with E-state index in [1.54, 1.807) is 10.9 Å². The van der Waals surface area contributed by atoms with Crippen molar-refractivity contribution in [1.29, 1.82) is 0 Å². The highest BCUT2D eigenvalue weighted by atomic mass is 16.5. The standard InChI is InChI=1S/C12H18N6O/c1-5-13-11-15-10(9-6-7-14-18(9)4)16-12(17-11)19-8(2)3/h6-8H,5H2,1-4H3,(H,13,15,16,17). The van der Waals surface area contributed by atoms with Gasteiger partial charge in [-0.05, 0) is 26.8 Å². The molecular formula is C12H18N6O. The monoisotopic (exact) mass is 262 g/mol. The first kappa shape index (κ1) is 13.3. The van der Waals surface area contributed by atoms with Gasteiger partial charge < -0.3 is 10.1 Å². The summed E-state index contributed by atoms with van der Waals surface area (Å²) in [5.74, 6) is 1.05. The number of aromatic nitrogens is 5. The van der Waals surface area contributed by atoms with E-state index in [-0.39, 0.29) is 6.10 Å². The van der Waals surface area contributed by atoms with Crippen molar-refractivity contribution in [2.45, 2.75) is 26.9 Å². The van der Waals surface area contributed by atoms with Gasteiger partial charge in [-0.3, -0.25) is 4.68 Å². The van der Waals surface area contributed by atoms with Crippen LogP contribution in [-0.2, 0) is 7.05 Å². The van der Waals surface area contributed by atoms with Crippen molar-refractivity contribution in [3.05, 3.63) is 12.3 Å². The molecule has 0 aliphatic carbocycles. The third kappa shape index (κ3) is 3.18. The van der Waals surface area contributed by atoms with Crippen LogP contribution in [0.1, 0.15) is 20.8 Å². The molecule has 19 heavy (non-hydrogen) atoms. The third-order valence-electron chi connectivity index (χ3n) is 2.34. The molecule has 0 bridgehead atoms. The summed E-state index contributed by atoms with van der Waals surface area (Å²) in [6.45, 7) is 6.58. The Labute approximate surface area is 112 Å². The predicted octanol–water partition coefficient (Wildman–Crippen LogP) is 1.49. The van der Waals surface area contributed by atoms with Crippen LogP contribution in [0.2, 0.25) is 0 Å². The van der Waals surface area contributed by atoms with E-state index in [2.05, 4.69) is 25.4 Å². The molecule has 102 valence electrons. The summed E-state index contributed by atoms with van der Waals surface area (Å²) in [6, 6.07) is 2.17. The molecule has 0 radical (unpaired) electrons. The zero-order valence-corrected chi connectivity index (χ0v) is 11.6. The summed E-state index contributed by atoms with van der Waals surface area (Å²) in [4.78, 5) is 12.9. The van der Waals surface area contributed by atoms with Crippen LogP contribution >= 0.6 is 0 Å². The van der Waals surface area contributed by atoms with Crippen molar-refractivity contribution < 1.29 is 4.74 Å². The van der Waals surface area contributed by atoms with Crippen LogP contribution in [0.4, 0.5) is 5.95 Å². The van der Waals surface area contributed by atoms with Gasteiger partial charge in [-0.15, -0.1) is 0 Å². The third-order valence-corrected chi connectivity index (χ3v) is 2.34. The molecule has 0 aliphatic heterocycles. The lowest BCUT2D eigenvalue weighted by Gasteiger charge is -2.10. The SMILES string of the molecule is CCNc1nc(OC(C)C)nc(-c2ccnn2C)n1. The Morgan fingerprint density at radius 2 is 2.11 bits per heavy atom. The summed E-state index contributed by atoms with van der Waals surface area (Å²) in [5, 5.41) is 7.19. The maximum absolute atomic E-state index is 5.55. The van der Waals surface area contributed by atoms with Crippen LogP contribution in [-0.4, -0.2) is 37.4 Å². The molecule has 2 aromatic rings. The Morgan fingerprint density at radius 3 is 2.68 bits per heavy atom. The quantitative estimate of drug-likeness (QED) is 0.879. The molecule has 2 heterocycles. The minimum Gasteiger partial charge on any atom is -0.461 e. The Kier molecular flexibility index (Phi) is 3.94. The largest absolute Gasteiger partial charge is 0.461 e. The number of aryl methyl sites for hydroxylation is 1. The molecule has 2 rings (SSSR count). The number of hydrogen-bond donors (Lipinski definition) is 1. The summed E-state index contributed by atoms with van der Waals surface area (Å²) >= 11 is 0. The molecule has 0 fully saturated rings. The normalized spacial score (nSPS) is 10.8. The van der Waals surface area contributed by atoms with Gasteiger partial charge in [-0.2, -0.15) is 20.1 Å². The summed E-state index contributed by atoms with van der Waals surface area (Å²) in [7, 11) is 1.84. The number of anilines is 1. The minimum absolute atomic E-state index is 0.0104. The first-order chi connectivity index (χ1) is 9.10. The van der Waals surface area contributed by atoms with Gasteiger partial charge >= 0.3 is 6.01 Å². The molecule has 0 unspecified atom stereocenters. The van der Waals surface area contributed by atoms with E-state index < -0.39 is 0 Å². The van der Waals surface area contributed by atoms with E-state index in [1.165, 1.54) is 0 Å². The average Bonchev–Trinajstić information content (AvgIpc) is 2.74. The van der Waals surface area contributed by atoms with Gasteiger partial charge in [0.2, 0.25) is 5.95 Å². The molecular weight excluding hydrogens is 244 g/mol. The molecule has 1 N–H and O–H groups in total. The number of rotatable bonds is 5. The fraction of sp³-hybridized carbons (Fsp3) is 0.500. The number of hydrogen-bond acceptors (Lipinski definition) is 6. The molecule has 0 aromatic carbocycles. The van der Waals surface area contributed by atoms with Crippen molar-refractivity contribution in [1.82, 2.24) is 24.7 Å². The highest BCUT2D eigenvalue weighted by molar-refractivity contribution is 5.51. The zero-order valence-electron chi connectivity index (χ0n) is 11.6. The van der Waals surface area contributed by atoms with Crippen molar-refractivity contribution in [3.63, 3.8) is 0 Å². The second-order valence-electron chi connectivity index (χ2n) is 4.30. The van der Waals surface area contributed by atoms with Crippen LogP contribution in [0.3, 0.4) is 0 Å². The van der Waals surface area contributed by atoms with E-state index in [0.717, 1.165) is 12.2 Å². The highest BCUT2D eigenvalue weighted by Gasteiger charge is 2.12. The first-order valence-electron chi connectivity index (χ1n) is 6.25. The second-order valence-corrected chi connectivity index (χ2v) is 4.30. The number of ether oxygens (including phenoxy) is 1. The van der Waals surface area contributed by atoms with E-state index in [1.807, 2.05) is 33.9 Å². The summed E-state index contributed by atoms with van der Waals surface area (Å²) < 4.78 is 7.26. The maximum atomic E-state index is 5.55. The Balaban J connectivity index is 2.42. The molecule has 0 amide bonds. The zero-order chi connectivity index (χ0) is 13.8. The second kappa shape index (κ2) is 5.64. The van der Waals surface area contributed by atoms with E-state index in [4.69, 9.17) is 4.74 Å².